The van der Waals surface area contributed by atoms with Crippen molar-refractivity contribution in [2.24, 2.45) is 0 Å². The Balaban J connectivity index is 2.79. The molecule has 0 N–H and O–H groups in total. The van der Waals surface area contributed by atoms with Crippen molar-refractivity contribution in [3.63, 3.8) is 0 Å². The number of halogens is 4. The zero-order valence-electron chi connectivity index (χ0n) is 10.4. The molecule has 0 amide bonds. The fourth-order valence-corrected chi connectivity index (χ4v) is 3.67. The molecule has 7 heteroatoms. The van der Waals surface area contributed by atoms with Crippen LogP contribution >= 0.6 is 15.9 Å². The predicted octanol–water partition coefficient (Wildman–Crippen LogP) is 3.44. The summed E-state index contributed by atoms with van der Waals surface area (Å²) < 4.78 is 59.9. The van der Waals surface area contributed by atoms with Crippen molar-refractivity contribution in [2.45, 2.75) is 29.6 Å². The van der Waals surface area contributed by atoms with Gasteiger partial charge in [-0.05, 0) is 31.0 Å². The maximum Gasteiger partial charge on any atom is 0.416 e. The van der Waals surface area contributed by atoms with Crippen molar-refractivity contribution in [1.82, 2.24) is 0 Å². The molecule has 0 aliphatic carbocycles. The van der Waals surface area contributed by atoms with Crippen LogP contribution in [0.25, 0.3) is 0 Å². The normalized spacial score (nSPS) is 16.1. The van der Waals surface area contributed by atoms with Gasteiger partial charge in [-0.1, -0.05) is 28.1 Å². The summed E-state index contributed by atoms with van der Waals surface area (Å²) in [6.07, 6.45) is -2.86. The summed E-state index contributed by atoms with van der Waals surface area (Å²) in [6.45, 7) is 1.57. The van der Waals surface area contributed by atoms with Crippen LogP contribution in [0.15, 0.2) is 24.3 Å². The first kappa shape index (κ1) is 16.5. The van der Waals surface area contributed by atoms with Crippen molar-refractivity contribution in [3.05, 3.63) is 35.4 Å². The highest BCUT2D eigenvalue weighted by Crippen LogP contribution is 2.29. The molecule has 2 nitrogen and oxygen atoms in total. The van der Waals surface area contributed by atoms with E-state index in [4.69, 9.17) is 0 Å². The van der Waals surface area contributed by atoms with Crippen LogP contribution in [0.1, 0.15) is 18.1 Å². The van der Waals surface area contributed by atoms with Gasteiger partial charge in [0, 0.05) is 11.1 Å². The van der Waals surface area contributed by atoms with Crippen LogP contribution < -0.4 is 0 Å². The minimum Gasteiger partial charge on any atom is -0.229 e. The smallest absolute Gasteiger partial charge is 0.229 e. The van der Waals surface area contributed by atoms with Crippen molar-refractivity contribution >= 4 is 25.8 Å². The third-order valence-corrected chi connectivity index (χ3v) is 6.04. The van der Waals surface area contributed by atoms with Crippen molar-refractivity contribution < 1.29 is 21.6 Å². The lowest BCUT2D eigenvalue weighted by Crippen LogP contribution is -2.27. The van der Waals surface area contributed by atoms with Gasteiger partial charge in [-0.3, -0.25) is 0 Å². The highest BCUT2D eigenvalue weighted by molar-refractivity contribution is 9.09. The number of rotatable bonds is 4. The lowest BCUT2D eigenvalue weighted by atomic mass is 10.1. The first-order valence-corrected chi connectivity index (χ1v) is 8.38. The molecular formula is C12H14BrF3O2S. The van der Waals surface area contributed by atoms with E-state index >= 15 is 0 Å². The van der Waals surface area contributed by atoms with Gasteiger partial charge in [0.05, 0.1) is 10.8 Å². The van der Waals surface area contributed by atoms with Crippen LogP contribution in [-0.4, -0.2) is 24.8 Å². The Kier molecular flexibility index (Phi) is 5.06. The molecule has 2 atom stereocenters. The Labute approximate surface area is 119 Å². The SMILES string of the molecule is CC(C(Br)Cc1ccc(C(F)(F)F)cc1)S(C)(=O)=O. The van der Waals surface area contributed by atoms with Gasteiger partial charge in [-0.15, -0.1) is 0 Å². The van der Waals surface area contributed by atoms with E-state index in [1.165, 1.54) is 12.1 Å². The van der Waals surface area contributed by atoms with Crippen molar-refractivity contribution in [3.8, 4) is 0 Å². The van der Waals surface area contributed by atoms with E-state index in [0.717, 1.165) is 18.4 Å². The average Bonchev–Trinajstić information content (AvgIpc) is 2.26. The molecule has 0 bridgehead atoms. The molecule has 1 aromatic rings. The molecule has 1 aromatic carbocycles. The Morgan fingerprint density at radius 1 is 1.21 bits per heavy atom. The summed E-state index contributed by atoms with van der Waals surface area (Å²) in [5.74, 6) is 0. The number of hydrogen-bond acceptors (Lipinski definition) is 2. The second-order valence-electron chi connectivity index (χ2n) is 4.45. The van der Waals surface area contributed by atoms with Crippen LogP contribution in [-0.2, 0) is 22.4 Å². The van der Waals surface area contributed by atoms with Crippen LogP contribution in [0.3, 0.4) is 0 Å². The van der Waals surface area contributed by atoms with E-state index in [1.807, 2.05) is 0 Å². The standard InChI is InChI=1S/C12H14BrF3O2S/c1-8(19(2,17)18)11(13)7-9-3-5-10(6-4-9)12(14,15)16/h3-6,8,11H,7H2,1-2H3. The molecule has 108 valence electrons. The molecule has 0 aliphatic heterocycles. The molecular weight excluding hydrogens is 345 g/mol. The third-order valence-electron chi connectivity index (χ3n) is 2.90. The summed E-state index contributed by atoms with van der Waals surface area (Å²) in [6, 6.07) is 4.73. The van der Waals surface area contributed by atoms with Gasteiger partial charge in [0.25, 0.3) is 0 Å². The molecule has 0 aliphatic rings. The Morgan fingerprint density at radius 2 is 1.68 bits per heavy atom. The van der Waals surface area contributed by atoms with E-state index < -0.39 is 26.8 Å². The monoisotopic (exact) mass is 358 g/mol. The van der Waals surface area contributed by atoms with Crippen LogP contribution in [0.5, 0.6) is 0 Å². The topological polar surface area (TPSA) is 34.1 Å². The Bertz CT molecular complexity index is 523. The van der Waals surface area contributed by atoms with Crippen LogP contribution in [0.2, 0.25) is 0 Å². The molecule has 19 heavy (non-hydrogen) atoms. The fraction of sp³-hybridized carbons (Fsp3) is 0.500. The molecule has 0 fully saturated rings. The van der Waals surface area contributed by atoms with Gasteiger partial charge in [0.2, 0.25) is 0 Å². The van der Waals surface area contributed by atoms with Crippen molar-refractivity contribution in [2.75, 3.05) is 6.26 Å². The zero-order chi connectivity index (χ0) is 14.8. The largest absolute Gasteiger partial charge is 0.416 e. The molecule has 0 saturated heterocycles. The molecule has 1 rings (SSSR count). The molecule has 0 radical (unpaired) electrons. The maximum absolute atomic E-state index is 12.4. The zero-order valence-corrected chi connectivity index (χ0v) is 12.8. The second kappa shape index (κ2) is 5.83. The third kappa shape index (κ3) is 4.80. The van der Waals surface area contributed by atoms with Crippen molar-refractivity contribution in [1.29, 1.82) is 0 Å². The summed E-state index contributed by atoms with van der Waals surface area (Å²) >= 11 is 3.27. The first-order valence-electron chi connectivity index (χ1n) is 5.51. The lowest BCUT2D eigenvalue weighted by molar-refractivity contribution is -0.137. The maximum atomic E-state index is 12.4. The van der Waals surface area contributed by atoms with Crippen LogP contribution in [0.4, 0.5) is 13.2 Å². The number of hydrogen-bond donors (Lipinski definition) is 0. The summed E-state index contributed by atoms with van der Waals surface area (Å²) in [4.78, 5) is -0.334. The Hall–Kier alpha value is -0.560. The average molecular weight is 359 g/mol. The van der Waals surface area contributed by atoms with E-state index in [9.17, 15) is 21.6 Å². The number of sulfone groups is 1. The quantitative estimate of drug-likeness (QED) is 0.772. The molecule has 0 heterocycles. The van der Waals surface area contributed by atoms with E-state index in [-0.39, 0.29) is 4.83 Å². The van der Waals surface area contributed by atoms with E-state index in [0.29, 0.717) is 12.0 Å². The fourth-order valence-electron chi connectivity index (χ4n) is 1.49. The minimum atomic E-state index is -4.35. The highest BCUT2D eigenvalue weighted by atomic mass is 79.9. The second-order valence-corrected chi connectivity index (χ2v) is 8.03. The van der Waals surface area contributed by atoms with Gasteiger partial charge in [0.1, 0.15) is 0 Å². The molecule has 0 aromatic heterocycles. The van der Waals surface area contributed by atoms with E-state index in [2.05, 4.69) is 15.9 Å². The Morgan fingerprint density at radius 3 is 2.05 bits per heavy atom. The molecule has 0 saturated carbocycles. The summed E-state index contributed by atoms with van der Waals surface area (Å²) in [7, 11) is -3.18. The van der Waals surface area contributed by atoms with Gasteiger partial charge >= 0.3 is 6.18 Å². The minimum absolute atomic E-state index is 0.334. The van der Waals surface area contributed by atoms with Gasteiger partial charge in [-0.25, -0.2) is 8.42 Å². The lowest BCUT2D eigenvalue weighted by Gasteiger charge is -2.17. The van der Waals surface area contributed by atoms with Gasteiger partial charge < -0.3 is 0 Å². The van der Waals surface area contributed by atoms with Gasteiger partial charge in [-0.2, -0.15) is 13.2 Å². The number of alkyl halides is 4. The molecule has 0 spiro atoms. The molecule has 2 unspecified atom stereocenters. The predicted molar refractivity (Wildman–Crippen MR) is 72.2 cm³/mol. The van der Waals surface area contributed by atoms with Crippen LogP contribution in [0, 0.1) is 0 Å². The highest BCUT2D eigenvalue weighted by Gasteiger charge is 2.30. The summed E-state index contributed by atoms with van der Waals surface area (Å²) in [5.41, 5.74) is -0.0519. The van der Waals surface area contributed by atoms with Gasteiger partial charge in [0.15, 0.2) is 9.84 Å². The summed E-state index contributed by atoms with van der Waals surface area (Å²) in [5, 5.41) is -0.602. The first-order chi connectivity index (χ1) is 8.51. The van der Waals surface area contributed by atoms with E-state index in [1.54, 1.807) is 6.92 Å². The number of benzene rings is 1.